The molecule has 1 aliphatic rings. The van der Waals surface area contributed by atoms with E-state index in [1.54, 1.807) is 0 Å². The standard InChI is InChI=1S/C16H18N2O2/c1-11-6-5-9-13-15(11)18-14(20-13)10-17-16(19)12-7-3-2-4-8-12/h2-3,5-6,9,12H,4,7-8,10H2,1H3,(H,17,19). The number of nitrogens with zero attached hydrogens (tertiary/aromatic N) is 1. The molecular weight excluding hydrogens is 252 g/mol. The molecule has 0 saturated carbocycles. The molecule has 1 aromatic heterocycles. The van der Waals surface area contributed by atoms with Gasteiger partial charge in [0, 0.05) is 5.92 Å². The molecule has 0 bridgehead atoms. The van der Waals surface area contributed by atoms with Gasteiger partial charge in [-0.15, -0.1) is 0 Å². The number of rotatable bonds is 3. The number of benzene rings is 1. The van der Waals surface area contributed by atoms with Gasteiger partial charge in [-0.3, -0.25) is 4.79 Å². The number of oxazole rings is 1. The number of para-hydroxylation sites is 1. The number of aromatic nitrogens is 1. The maximum atomic E-state index is 12.0. The predicted molar refractivity (Wildman–Crippen MR) is 77.1 cm³/mol. The van der Waals surface area contributed by atoms with Crippen LogP contribution in [0.3, 0.4) is 0 Å². The second-order valence-corrected chi connectivity index (χ2v) is 5.23. The van der Waals surface area contributed by atoms with E-state index in [9.17, 15) is 4.79 Å². The van der Waals surface area contributed by atoms with Crippen molar-refractivity contribution in [3.8, 4) is 0 Å². The van der Waals surface area contributed by atoms with E-state index in [1.165, 1.54) is 0 Å². The predicted octanol–water partition coefficient (Wildman–Crippen LogP) is 3.11. The summed E-state index contributed by atoms with van der Waals surface area (Å²) in [6, 6.07) is 5.84. The van der Waals surface area contributed by atoms with Crippen molar-refractivity contribution in [1.82, 2.24) is 10.3 Å². The largest absolute Gasteiger partial charge is 0.439 e. The summed E-state index contributed by atoms with van der Waals surface area (Å²) in [4.78, 5) is 16.5. The lowest BCUT2D eigenvalue weighted by Crippen LogP contribution is -2.30. The van der Waals surface area contributed by atoms with E-state index >= 15 is 0 Å². The number of carbonyl (C=O) groups is 1. The zero-order valence-electron chi connectivity index (χ0n) is 11.6. The van der Waals surface area contributed by atoms with E-state index in [-0.39, 0.29) is 11.8 Å². The van der Waals surface area contributed by atoms with Gasteiger partial charge in [0.15, 0.2) is 5.58 Å². The Morgan fingerprint density at radius 2 is 2.35 bits per heavy atom. The molecular formula is C16H18N2O2. The molecule has 1 amide bonds. The Hall–Kier alpha value is -2.10. The Kier molecular flexibility index (Phi) is 3.54. The molecule has 1 heterocycles. The molecule has 0 fully saturated rings. The molecule has 2 aromatic rings. The zero-order valence-corrected chi connectivity index (χ0v) is 11.6. The Balaban J connectivity index is 1.66. The van der Waals surface area contributed by atoms with Crippen LogP contribution in [-0.4, -0.2) is 10.9 Å². The molecule has 1 aromatic carbocycles. The monoisotopic (exact) mass is 270 g/mol. The minimum Gasteiger partial charge on any atom is -0.439 e. The van der Waals surface area contributed by atoms with E-state index < -0.39 is 0 Å². The number of fused-ring (bicyclic) bond motifs is 1. The van der Waals surface area contributed by atoms with Crippen LogP contribution in [0.4, 0.5) is 0 Å². The van der Waals surface area contributed by atoms with Gasteiger partial charge in [0.25, 0.3) is 0 Å². The number of hydrogen-bond donors (Lipinski definition) is 1. The fourth-order valence-electron chi connectivity index (χ4n) is 2.55. The smallest absolute Gasteiger partial charge is 0.223 e. The van der Waals surface area contributed by atoms with Gasteiger partial charge in [-0.25, -0.2) is 4.98 Å². The SMILES string of the molecule is Cc1cccc2oc(CNC(=O)C3CC=CCC3)nc12. The van der Waals surface area contributed by atoms with Gasteiger partial charge in [-0.05, 0) is 37.8 Å². The molecule has 0 radical (unpaired) electrons. The number of hydrogen-bond acceptors (Lipinski definition) is 3. The maximum Gasteiger partial charge on any atom is 0.223 e. The van der Waals surface area contributed by atoms with Crippen molar-refractivity contribution in [2.45, 2.75) is 32.7 Å². The third-order valence-corrected chi connectivity index (χ3v) is 3.72. The van der Waals surface area contributed by atoms with Crippen LogP contribution >= 0.6 is 0 Å². The molecule has 0 spiro atoms. The number of allylic oxidation sites excluding steroid dienone is 2. The van der Waals surface area contributed by atoms with E-state index in [4.69, 9.17) is 4.42 Å². The van der Waals surface area contributed by atoms with E-state index in [0.29, 0.717) is 12.4 Å². The molecule has 0 aliphatic heterocycles. The van der Waals surface area contributed by atoms with Crippen LogP contribution in [0.25, 0.3) is 11.1 Å². The number of nitrogens with one attached hydrogen (secondary N) is 1. The Labute approximate surface area is 117 Å². The first-order chi connectivity index (χ1) is 9.74. The molecule has 3 rings (SSSR count). The molecule has 104 valence electrons. The molecule has 0 saturated heterocycles. The molecule has 4 heteroatoms. The average Bonchev–Trinajstić information content (AvgIpc) is 2.90. The van der Waals surface area contributed by atoms with E-state index in [2.05, 4.69) is 22.5 Å². The first-order valence-corrected chi connectivity index (χ1v) is 7.02. The highest BCUT2D eigenvalue weighted by Gasteiger charge is 2.19. The third kappa shape index (κ3) is 2.59. The minimum atomic E-state index is 0.0890. The molecule has 1 aliphatic carbocycles. The van der Waals surface area contributed by atoms with Crippen molar-refractivity contribution in [3.05, 3.63) is 41.8 Å². The summed E-state index contributed by atoms with van der Waals surface area (Å²) < 4.78 is 5.65. The quantitative estimate of drug-likeness (QED) is 0.872. The minimum absolute atomic E-state index is 0.0890. The molecule has 20 heavy (non-hydrogen) atoms. The number of amides is 1. The Bertz CT molecular complexity index is 658. The highest BCUT2D eigenvalue weighted by molar-refractivity contribution is 5.79. The lowest BCUT2D eigenvalue weighted by molar-refractivity contribution is -0.125. The van der Waals surface area contributed by atoms with Crippen LogP contribution in [0.2, 0.25) is 0 Å². The molecule has 1 N–H and O–H groups in total. The summed E-state index contributed by atoms with van der Waals surface area (Å²) in [7, 11) is 0. The van der Waals surface area contributed by atoms with Gasteiger partial charge in [-0.1, -0.05) is 24.3 Å². The molecule has 1 atom stereocenters. The Morgan fingerprint density at radius 3 is 3.10 bits per heavy atom. The van der Waals surface area contributed by atoms with Crippen LogP contribution in [-0.2, 0) is 11.3 Å². The van der Waals surface area contributed by atoms with Crippen molar-refractivity contribution in [1.29, 1.82) is 0 Å². The van der Waals surface area contributed by atoms with Crippen LogP contribution in [0, 0.1) is 12.8 Å². The summed E-state index contributed by atoms with van der Waals surface area (Å²) in [6.07, 6.45) is 6.96. The molecule has 1 unspecified atom stereocenters. The van der Waals surface area contributed by atoms with Gasteiger partial charge in [-0.2, -0.15) is 0 Å². The fourth-order valence-corrected chi connectivity index (χ4v) is 2.55. The van der Waals surface area contributed by atoms with Crippen molar-refractivity contribution >= 4 is 17.0 Å². The fraction of sp³-hybridized carbons (Fsp3) is 0.375. The summed E-state index contributed by atoms with van der Waals surface area (Å²) in [6.45, 7) is 2.36. The lowest BCUT2D eigenvalue weighted by atomic mass is 9.94. The summed E-state index contributed by atoms with van der Waals surface area (Å²) in [5.74, 6) is 0.744. The van der Waals surface area contributed by atoms with Gasteiger partial charge in [0.2, 0.25) is 11.8 Å². The Morgan fingerprint density at radius 1 is 1.45 bits per heavy atom. The zero-order chi connectivity index (χ0) is 13.9. The van der Waals surface area contributed by atoms with Crippen molar-refractivity contribution < 1.29 is 9.21 Å². The maximum absolute atomic E-state index is 12.0. The normalized spacial score (nSPS) is 18.4. The van der Waals surface area contributed by atoms with Crippen LogP contribution in [0.15, 0.2) is 34.8 Å². The second-order valence-electron chi connectivity index (χ2n) is 5.23. The first-order valence-electron chi connectivity index (χ1n) is 7.02. The average molecular weight is 270 g/mol. The molecule has 4 nitrogen and oxygen atoms in total. The number of aryl methyl sites for hydroxylation is 1. The highest BCUT2D eigenvalue weighted by atomic mass is 16.3. The van der Waals surface area contributed by atoms with Crippen LogP contribution in [0.1, 0.15) is 30.7 Å². The highest BCUT2D eigenvalue weighted by Crippen LogP contribution is 2.20. The lowest BCUT2D eigenvalue weighted by Gasteiger charge is -2.16. The number of carbonyl (C=O) groups excluding carboxylic acids is 1. The van der Waals surface area contributed by atoms with Gasteiger partial charge >= 0.3 is 0 Å². The third-order valence-electron chi connectivity index (χ3n) is 3.72. The van der Waals surface area contributed by atoms with Crippen molar-refractivity contribution in [2.24, 2.45) is 5.92 Å². The summed E-state index contributed by atoms with van der Waals surface area (Å²) in [5, 5.41) is 2.92. The van der Waals surface area contributed by atoms with Crippen LogP contribution < -0.4 is 5.32 Å². The topological polar surface area (TPSA) is 55.1 Å². The summed E-state index contributed by atoms with van der Waals surface area (Å²) >= 11 is 0. The van der Waals surface area contributed by atoms with Gasteiger partial charge in [0.1, 0.15) is 5.52 Å². The van der Waals surface area contributed by atoms with Crippen molar-refractivity contribution in [3.63, 3.8) is 0 Å². The van der Waals surface area contributed by atoms with E-state index in [1.807, 2.05) is 25.1 Å². The first kappa shape index (κ1) is 12.9. The van der Waals surface area contributed by atoms with Gasteiger partial charge in [0.05, 0.1) is 6.54 Å². The van der Waals surface area contributed by atoms with Gasteiger partial charge < -0.3 is 9.73 Å². The van der Waals surface area contributed by atoms with E-state index in [0.717, 1.165) is 35.9 Å². The van der Waals surface area contributed by atoms with Crippen LogP contribution in [0.5, 0.6) is 0 Å². The summed E-state index contributed by atoms with van der Waals surface area (Å²) in [5.41, 5.74) is 2.73. The van der Waals surface area contributed by atoms with Crippen molar-refractivity contribution in [2.75, 3.05) is 0 Å². The second kappa shape index (κ2) is 5.49.